The molecule has 0 fully saturated rings. The molecule has 0 saturated carbocycles. The Morgan fingerprint density at radius 2 is 1.71 bits per heavy atom. The van der Waals surface area contributed by atoms with Crippen LogP contribution in [0.2, 0.25) is 0 Å². The summed E-state index contributed by atoms with van der Waals surface area (Å²) >= 11 is 1.01. The summed E-state index contributed by atoms with van der Waals surface area (Å²) < 4.78 is 1.88. The van der Waals surface area contributed by atoms with Crippen molar-refractivity contribution in [2.75, 3.05) is 11.1 Å². The zero-order chi connectivity index (χ0) is 25.0. The van der Waals surface area contributed by atoms with Crippen LogP contribution >= 0.6 is 11.8 Å². The third-order valence-corrected chi connectivity index (χ3v) is 6.53. The number of nitrogens with one attached hydrogen (secondary N) is 1. The fourth-order valence-electron chi connectivity index (χ4n) is 3.25. The lowest BCUT2D eigenvalue weighted by Crippen LogP contribution is -2.39. The van der Waals surface area contributed by atoms with E-state index in [2.05, 4.69) is 10.3 Å². The van der Waals surface area contributed by atoms with Crippen LogP contribution in [-0.4, -0.2) is 30.9 Å². The van der Waals surface area contributed by atoms with E-state index in [0.29, 0.717) is 11.4 Å². The van der Waals surface area contributed by atoms with Gasteiger partial charge in [0.25, 0.3) is 5.56 Å². The first-order valence-electron chi connectivity index (χ1n) is 10.8. The van der Waals surface area contributed by atoms with Gasteiger partial charge >= 0.3 is 5.69 Å². The molecule has 1 amide bonds. The number of aromatic nitrogens is 2. The first-order chi connectivity index (χ1) is 16.1. The van der Waals surface area contributed by atoms with E-state index in [-0.39, 0.29) is 22.3 Å². The predicted molar refractivity (Wildman–Crippen MR) is 138 cm³/mol. The van der Waals surface area contributed by atoms with Crippen molar-refractivity contribution in [2.45, 2.75) is 27.2 Å². The number of anilines is 1. The Morgan fingerprint density at radius 1 is 1.03 bits per heavy atom. The van der Waals surface area contributed by atoms with E-state index in [4.69, 9.17) is 0 Å². The molecule has 3 aromatic rings. The summed E-state index contributed by atoms with van der Waals surface area (Å²) in [6.07, 6.45) is 0.867. The molecule has 0 aliphatic rings. The SMILES string of the molecule is CCc1ccc(N=C(SCC(=O)Nc2ccc(C)c(C)c2)c2c(O)n(C)c(=O)n(C)c2=O)cc1. The summed E-state index contributed by atoms with van der Waals surface area (Å²) in [5.41, 5.74) is 3.06. The van der Waals surface area contributed by atoms with Crippen LogP contribution in [0.15, 0.2) is 57.0 Å². The second kappa shape index (κ2) is 10.6. The molecular weight excluding hydrogens is 452 g/mol. The molecule has 0 radical (unpaired) electrons. The van der Waals surface area contributed by atoms with E-state index in [9.17, 15) is 19.5 Å². The van der Waals surface area contributed by atoms with Crippen molar-refractivity contribution in [3.05, 3.63) is 85.6 Å². The average molecular weight is 481 g/mol. The number of carbonyl (C=O) groups excluding carboxylic acids is 1. The normalized spacial score (nSPS) is 11.5. The van der Waals surface area contributed by atoms with E-state index in [0.717, 1.165) is 44.0 Å². The topological polar surface area (TPSA) is 106 Å². The van der Waals surface area contributed by atoms with Gasteiger partial charge in [0.1, 0.15) is 10.6 Å². The second-order valence-electron chi connectivity index (χ2n) is 7.98. The highest BCUT2D eigenvalue weighted by molar-refractivity contribution is 8.15. The fraction of sp³-hybridized carbons (Fsp3) is 0.280. The van der Waals surface area contributed by atoms with Gasteiger partial charge in [0.15, 0.2) is 0 Å². The fourth-order valence-corrected chi connectivity index (χ4v) is 4.09. The van der Waals surface area contributed by atoms with Crippen molar-refractivity contribution in [2.24, 2.45) is 19.1 Å². The van der Waals surface area contributed by atoms with Gasteiger partial charge in [-0.1, -0.05) is 36.9 Å². The number of amides is 1. The van der Waals surface area contributed by atoms with E-state index in [1.54, 1.807) is 12.1 Å². The molecule has 0 saturated heterocycles. The number of aryl methyl sites for hydroxylation is 3. The molecule has 8 nitrogen and oxygen atoms in total. The van der Waals surface area contributed by atoms with Gasteiger partial charge in [-0.2, -0.15) is 0 Å². The summed E-state index contributed by atoms with van der Waals surface area (Å²) in [4.78, 5) is 42.3. The highest BCUT2D eigenvalue weighted by Crippen LogP contribution is 2.24. The van der Waals surface area contributed by atoms with Gasteiger partial charge in [-0.3, -0.25) is 18.7 Å². The van der Waals surface area contributed by atoms with E-state index in [1.165, 1.54) is 14.1 Å². The van der Waals surface area contributed by atoms with Gasteiger partial charge in [-0.05, 0) is 61.2 Å². The van der Waals surface area contributed by atoms with Crippen LogP contribution in [0, 0.1) is 13.8 Å². The number of carbonyl (C=O) groups is 1. The molecule has 0 unspecified atom stereocenters. The maximum atomic E-state index is 12.9. The number of aliphatic imine (C=N–C) groups is 1. The van der Waals surface area contributed by atoms with Crippen molar-refractivity contribution in [3.63, 3.8) is 0 Å². The van der Waals surface area contributed by atoms with Crippen molar-refractivity contribution in [1.29, 1.82) is 0 Å². The Kier molecular flexibility index (Phi) is 7.78. The highest BCUT2D eigenvalue weighted by Gasteiger charge is 2.22. The van der Waals surface area contributed by atoms with Gasteiger partial charge in [0.05, 0.1) is 11.4 Å². The number of nitrogens with zero attached hydrogens (tertiary/aromatic N) is 3. The van der Waals surface area contributed by atoms with Gasteiger partial charge in [-0.15, -0.1) is 0 Å². The first-order valence-corrected chi connectivity index (χ1v) is 11.8. The third-order valence-electron chi connectivity index (χ3n) is 5.55. The summed E-state index contributed by atoms with van der Waals surface area (Å²) in [5.74, 6) is -0.841. The van der Waals surface area contributed by atoms with Crippen LogP contribution in [0.25, 0.3) is 0 Å². The van der Waals surface area contributed by atoms with E-state index < -0.39 is 17.1 Å². The maximum Gasteiger partial charge on any atom is 0.333 e. The average Bonchev–Trinajstić information content (AvgIpc) is 2.82. The summed E-state index contributed by atoms with van der Waals surface area (Å²) in [7, 11) is 2.70. The molecule has 178 valence electrons. The molecule has 3 rings (SSSR count). The lowest BCUT2D eigenvalue weighted by atomic mass is 10.1. The lowest BCUT2D eigenvalue weighted by molar-refractivity contribution is -0.113. The van der Waals surface area contributed by atoms with Gasteiger partial charge in [0.2, 0.25) is 11.8 Å². The molecule has 2 N–H and O–H groups in total. The van der Waals surface area contributed by atoms with Crippen LogP contribution in [-0.2, 0) is 25.3 Å². The van der Waals surface area contributed by atoms with E-state index >= 15 is 0 Å². The zero-order valence-corrected chi connectivity index (χ0v) is 20.7. The quantitative estimate of drug-likeness (QED) is 0.415. The Morgan fingerprint density at radius 3 is 2.32 bits per heavy atom. The Hall–Kier alpha value is -3.59. The van der Waals surface area contributed by atoms with Crippen LogP contribution in [0.1, 0.15) is 29.2 Å². The first kappa shape index (κ1) is 25.0. The second-order valence-corrected chi connectivity index (χ2v) is 8.94. The number of hydrogen-bond donors (Lipinski definition) is 2. The minimum atomic E-state index is -0.688. The van der Waals surface area contributed by atoms with Crippen molar-refractivity contribution in [3.8, 4) is 5.88 Å². The molecule has 34 heavy (non-hydrogen) atoms. The Bertz CT molecular complexity index is 1370. The molecular formula is C25H28N4O4S. The van der Waals surface area contributed by atoms with Crippen molar-refractivity contribution >= 4 is 34.1 Å². The molecule has 1 aromatic heterocycles. The smallest absolute Gasteiger partial charge is 0.333 e. The maximum absolute atomic E-state index is 12.9. The minimum absolute atomic E-state index is 0.0514. The van der Waals surface area contributed by atoms with E-state index in [1.807, 2.05) is 51.1 Å². The van der Waals surface area contributed by atoms with Gasteiger partial charge in [-0.25, -0.2) is 9.79 Å². The number of hydrogen-bond acceptors (Lipinski definition) is 6. The molecule has 0 atom stereocenters. The molecule has 0 aliphatic heterocycles. The number of rotatable bonds is 6. The Labute approximate surface area is 202 Å². The number of benzene rings is 2. The van der Waals surface area contributed by atoms with Crippen molar-refractivity contribution in [1.82, 2.24) is 9.13 Å². The van der Waals surface area contributed by atoms with Gasteiger partial charge in [0, 0.05) is 19.8 Å². The lowest BCUT2D eigenvalue weighted by Gasteiger charge is -2.13. The van der Waals surface area contributed by atoms with Gasteiger partial charge < -0.3 is 10.4 Å². The van der Waals surface area contributed by atoms with Crippen LogP contribution in [0.5, 0.6) is 5.88 Å². The Balaban J connectivity index is 1.96. The summed E-state index contributed by atoms with van der Waals surface area (Å²) in [5, 5.41) is 13.6. The van der Waals surface area contributed by atoms with Crippen LogP contribution in [0.4, 0.5) is 11.4 Å². The largest absolute Gasteiger partial charge is 0.494 e. The number of aromatic hydroxyl groups is 1. The number of thioether (sulfide) groups is 1. The monoisotopic (exact) mass is 480 g/mol. The summed E-state index contributed by atoms with van der Waals surface area (Å²) in [6, 6.07) is 13.1. The van der Waals surface area contributed by atoms with Crippen LogP contribution < -0.4 is 16.6 Å². The molecule has 0 spiro atoms. The summed E-state index contributed by atoms with van der Waals surface area (Å²) in [6.45, 7) is 6.00. The third kappa shape index (κ3) is 5.48. The standard InChI is InChI=1S/C25H28N4O4S/c1-6-17-8-11-18(12-9-17)27-22(21-23(31)28(4)25(33)29(5)24(21)32)34-14-20(30)26-19-10-7-15(2)16(3)13-19/h7-13,31H,6,14H2,1-5H3,(H,26,30). The molecule has 9 heteroatoms. The predicted octanol–water partition coefficient (Wildman–Crippen LogP) is 3.42. The van der Waals surface area contributed by atoms with Crippen LogP contribution in [0.3, 0.4) is 0 Å². The molecule has 1 heterocycles. The molecule has 2 aromatic carbocycles. The molecule has 0 bridgehead atoms. The van der Waals surface area contributed by atoms with Crippen molar-refractivity contribution < 1.29 is 9.90 Å². The molecule has 0 aliphatic carbocycles. The zero-order valence-electron chi connectivity index (χ0n) is 19.9. The highest BCUT2D eigenvalue weighted by atomic mass is 32.2. The minimum Gasteiger partial charge on any atom is -0.494 e.